The third-order valence-electron chi connectivity index (χ3n) is 3.70. The van der Waals surface area contributed by atoms with Gasteiger partial charge >= 0.3 is 0 Å². The maximum absolute atomic E-state index is 12.3. The molecule has 0 bridgehead atoms. The number of aromatic nitrogens is 3. The first-order chi connectivity index (χ1) is 11.0. The van der Waals surface area contributed by atoms with Crippen LogP contribution in [0.5, 0.6) is 0 Å². The van der Waals surface area contributed by atoms with Gasteiger partial charge in [-0.15, -0.1) is 0 Å². The Morgan fingerprint density at radius 3 is 2.87 bits per heavy atom. The number of aryl methyl sites for hydroxylation is 2. The fourth-order valence-corrected chi connectivity index (χ4v) is 2.61. The summed E-state index contributed by atoms with van der Waals surface area (Å²) in [4.78, 5) is 12.3. The van der Waals surface area contributed by atoms with Crippen molar-refractivity contribution >= 4 is 17.4 Å². The zero-order valence-electron chi connectivity index (χ0n) is 12.9. The van der Waals surface area contributed by atoms with Gasteiger partial charge in [0.05, 0.1) is 18.4 Å². The van der Waals surface area contributed by atoms with E-state index >= 15 is 0 Å². The second-order valence-electron chi connectivity index (χ2n) is 5.46. The van der Waals surface area contributed by atoms with Gasteiger partial charge in [-0.2, -0.15) is 5.10 Å². The van der Waals surface area contributed by atoms with Crippen molar-refractivity contribution in [3.8, 4) is 0 Å². The Morgan fingerprint density at radius 1 is 1.35 bits per heavy atom. The fraction of sp³-hybridized carbons (Fsp3) is 0.235. The normalized spacial score (nSPS) is 10.9. The molecule has 6 heteroatoms. The molecule has 1 aromatic carbocycles. The molecule has 0 aliphatic heterocycles. The Hall–Kier alpha value is -2.40. The van der Waals surface area contributed by atoms with Crippen molar-refractivity contribution in [2.75, 3.05) is 0 Å². The molecule has 0 unspecified atom stereocenters. The van der Waals surface area contributed by atoms with Gasteiger partial charge in [0.2, 0.25) is 0 Å². The van der Waals surface area contributed by atoms with E-state index in [4.69, 9.17) is 16.1 Å². The van der Waals surface area contributed by atoms with Crippen LogP contribution in [0.4, 0.5) is 0 Å². The van der Waals surface area contributed by atoms with Crippen LogP contribution in [0.1, 0.15) is 32.9 Å². The van der Waals surface area contributed by atoms with Gasteiger partial charge in [-0.25, -0.2) is 0 Å². The molecule has 0 atom stereocenters. The van der Waals surface area contributed by atoms with E-state index in [2.05, 4.69) is 10.3 Å². The number of benzene rings is 1. The number of nitrogens with zero attached hydrogens (tertiary/aromatic N) is 3. The van der Waals surface area contributed by atoms with Crippen molar-refractivity contribution in [3.63, 3.8) is 0 Å². The largest absolute Gasteiger partial charge is 0.361 e. The summed E-state index contributed by atoms with van der Waals surface area (Å²) in [7, 11) is 0. The highest BCUT2D eigenvalue weighted by atomic mass is 35.5. The van der Waals surface area contributed by atoms with E-state index in [0.29, 0.717) is 23.6 Å². The minimum Gasteiger partial charge on any atom is -0.361 e. The Balaban J connectivity index is 1.71. The number of carbonyl (C=O) groups excluding carboxylic acids is 1. The SMILES string of the molecule is Cc1noc(C)c1Cn1cc(CC(=O)c2cccc(Cl)c2)cn1. The second-order valence-corrected chi connectivity index (χ2v) is 5.90. The predicted molar refractivity (Wildman–Crippen MR) is 86.8 cm³/mol. The number of rotatable bonds is 5. The number of halogens is 1. The van der Waals surface area contributed by atoms with Gasteiger partial charge in [-0.1, -0.05) is 28.9 Å². The lowest BCUT2D eigenvalue weighted by Gasteiger charge is -2.01. The molecule has 2 heterocycles. The van der Waals surface area contributed by atoms with Gasteiger partial charge in [0.25, 0.3) is 0 Å². The predicted octanol–water partition coefficient (Wildman–Crippen LogP) is 3.62. The lowest BCUT2D eigenvalue weighted by molar-refractivity contribution is 0.0993. The summed E-state index contributed by atoms with van der Waals surface area (Å²) in [6, 6.07) is 6.97. The first-order valence-corrected chi connectivity index (χ1v) is 7.62. The van der Waals surface area contributed by atoms with Crippen LogP contribution < -0.4 is 0 Å². The van der Waals surface area contributed by atoms with E-state index in [-0.39, 0.29) is 5.78 Å². The summed E-state index contributed by atoms with van der Waals surface area (Å²) in [6.07, 6.45) is 3.87. The summed E-state index contributed by atoms with van der Waals surface area (Å²) in [5.74, 6) is 0.805. The van der Waals surface area contributed by atoms with Crippen molar-refractivity contribution in [1.82, 2.24) is 14.9 Å². The molecule has 0 amide bonds. The molecule has 3 aromatic rings. The number of carbonyl (C=O) groups is 1. The quantitative estimate of drug-likeness (QED) is 0.671. The van der Waals surface area contributed by atoms with Crippen molar-refractivity contribution < 1.29 is 9.32 Å². The topological polar surface area (TPSA) is 60.9 Å². The molecule has 0 N–H and O–H groups in total. The lowest BCUT2D eigenvalue weighted by atomic mass is 10.1. The van der Waals surface area contributed by atoms with Crippen molar-refractivity contribution in [3.05, 3.63) is 69.8 Å². The van der Waals surface area contributed by atoms with Crippen LogP contribution >= 0.6 is 11.6 Å². The lowest BCUT2D eigenvalue weighted by Crippen LogP contribution is -2.04. The molecule has 0 saturated carbocycles. The molecule has 3 rings (SSSR count). The van der Waals surface area contributed by atoms with Gasteiger partial charge in [0, 0.05) is 28.8 Å². The van der Waals surface area contributed by atoms with Gasteiger partial charge in [-0.05, 0) is 31.5 Å². The second kappa shape index (κ2) is 6.38. The number of hydrogen-bond donors (Lipinski definition) is 0. The molecule has 2 aromatic heterocycles. The van der Waals surface area contributed by atoms with Gasteiger partial charge in [0.1, 0.15) is 5.76 Å². The Bertz CT molecular complexity index is 832. The zero-order valence-corrected chi connectivity index (χ0v) is 13.7. The Morgan fingerprint density at radius 2 is 2.17 bits per heavy atom. The van der Waals surface area contributed by atoms with Crippen LogP contribution in [0.15, 0.2) is 41.2 Å². The number of hydrogen-bond acceptors (Lipinski definition) is 4. The Labute approximate surface area is 138 Å². The minimum absolute atomic E-state index is 0.0180. The average molecular weight is 330 g/mol. The third kappa shape index (κ3) is 3.51. The van der Waals surface area contributed by atoms with Gasteiger partial charge < -0.3 is 4.52 Å². The monoisotopic (exact) mass is 329 g/mol. The van der Waals surface area contributed by atoms with Crippen molar-refractivity contribution in [2.45, 2.75) is 26.8 Å². The first kappa shape index (κ1) is 15.5. The summed E-state index contributed by atoms with van der Waals surface area (Å²) in [5, 5.41) is 8.80. The highest BCUT2D eigenvalue weighted by Gasteiger charge is 2.12. The van der Waals surface area contributed by atoms with E-state index < -0.39 is 0 Å². The molecule has 0 fully saturated rings. The summed E-state index contributed by atoms with van der Waals surface area (Å²) < 4.78 is 6.93. The first-order valence-electron chi connectivity index (χ1n) is 7.25. The average Bonchev–Trinajstić information content (AvgIpc) is 3.09. The summed E-state index contributed by atoms with van der Waals surface area (Å²) in [6.45, 7) is 4.36. The third-order valence-corrected chi connectivity index (χ3v) is 3.93. The van der Waals surface area contributed by atoms with Crippen molar-refractivity contribution in [2.24, 2.45) is 0 Å². The van der Waals surface area contributed by atoms with E-state index in [1.165, 1.54) is 0 Å². The smallest absolute Gasteiger partial charge is 0.167 e. The maximum atomic E-state index is 12.3. The highest BCUT2D eigenvalue weighted by Crippen LogP contribution is 2.15. The number of ketones is 1. The molecule has 0 spiro atoms. The van der Waals surface area contributed by atoms with Crippen LogP contribution in [0.25, 0.3) is 0 Å². The highest BCUT2D eigenvalue weighted by molar-refractivity contribution is 6.31. The van der Waals surface area contributed by atoms with Gasteiger partial charge in [0.15, 0.2) is 5.78 Å². The molecule has 0 radical (unpaired) electrons. The molecule has 5 nitrogen and oxygen atoms in total. The van der Waals surface area contributed by atoms with Crippen LogP contribution in [-0.2, 0) is 13.0 Å². The zero-order chi connectivity index (χ0) is 16.4. The van der Waals surface area contributed by atoms with E-state index in [1.807, 2.05) is 20.0 Å². The minimum atomic E-state index is 0.0180. The molecular formula is C17H16ClN3O2. The van der Waals surface area contributed by atoms with E-state index in [9.17, 15) is 4.79 Å². The van der Waals surface area contributed by atoms with Crippen LogP contribution in [-0.4, -0.2) is 20.7 Å². The molecule has 118 valence electrons. The van der Waals surface area contributed by atoms with Crippen LogP contribution in [0.2, 0.25) is 5.02 Å². The molecular weight excluding hydrogens is 314 g/mol. The van der Waals surface area contributed by atoms with E-state index in [1.54, 1.807) is 35.1 Å². The standard InChI is InChI=1S/C17H16ClN3O2/c1-11-16(12(2)23-20-11)10-21-9-13(8-19-21)6-17(22)14-4-3-5-15(18)7-14/h3-5,7-9H,6,10H2,1-2H3. The van der Waals surface area contributed by atoms with Crippen LogP contribution in [0.3, 0.4) is 0 Å². The van der Waals surface area contributed by atoms with E-state index in [0.717, 1.165) is 22.6 Å². The molecule has 23 heavy (non-hydrogen) atoms. The number of Topliss-reactive ketones (excluding diaryl/α,β-unsaturated/α-hetero) is 1. The molecule has 0 aliphatic carbocycles. The summed E-state index contributed by atoms with van der Waals surface area (Å²) >= 11 is 5.92. The van der Waals surface area contributed by atoms with Crippen LogP contribution in [0, 0.1) is 13.8 Å². The molecule has 0 aliphatic rings. The molecule has 0 saturated heterocycles. The summed E-state index contributed by atoms with van der Waals surface area (Å²) in [5.41, 5.74) is 3.34. The van der Waals surface area contributed by atoms with Gasteiger partial charge in [-0.3, -0.25) is 9.48 Å². The Kier molecular flexibility index (Phi) is 4.30. The van der Waals surface area contributed by atoms with Crippen molar-refractivity contribution in [1.29, 1.82) is 0 Å². The maximum Gasteiger partial charge on any atom is 0.167 e. The fourth-order valence-electron chi connectivity index (χ4n) is 2.42.